The van der Waals surface area contributed by atoms with E-state index in [4.69, 9.17) is 16.3 Å². The molecule has 3 atom stereocenters. The molecule has 0 saturated heterocycles. The van der Waals surface area contributed by atoms with Crippen molar-refractivity contribution in [3.63, 3.8) is 0 Å². The molecule has 0 radical (unpaired) electrons. The van der Waals surface area contributed by atoms with E-state index in [1.807, 2.05) is 11.6 Å². The van der Waals surface area contributed by atoms with E-state index in [2.05, 4.69) is 25.7 Å². The van der Waals surface area contributed by atoms with Crippen LogP contribution in [-0.4, -0.2) is 46.5 Å². The number of guanidine groups is 1. The number of halogens is 3. The number of ether oxygens (including phenoxy) is 1. The molecule has 1 fully saturated rings. The third-order valence-electron chi connectivity index (χ3n) is 5.32. The molecule has 2 heterocycles. The SMILES string of the molecule is CCN=C(NC1CCc2nc(COC)nn2C1)NC1CC1c1c(F)cccc1Cl.I. The number of fused-ring (bicyclic) bond motifs is 1. The Bertz CT molecular complexity index is 887. The third kappa shape index (κ3) is 5.23. The van der Waals surface area contributed by atoms with Crippen LogP contribution >= 0.6 is 35.6 Å². The number of rotatable bonds is 6. The highest BCUT2D eigenvalue weighted by molar-refractivity contribution is 14.0. The fourth-order valence-electron chi connectivity index (χ4n) is 3.87. The van der Waals surface area contributed by atoms with Crippen LogP contribution in [0.4, 0.5) is 4.39 Å². The van der Waals surface area contributed by atoms with E-state index in [1.54, 1.807) is 19.2 Å². The first-order valence-corrected chi connectivity index (χ1v) is 10.4. The van der Waals surface area contributed by atoms with Crippen molar-refractivity contribution in [1.29, 1.82) is 0 Å². The Hall–Kier alpha value is -1.46. The van der Waals surface area contributed by atoms with E-state index in [-0.39, 0.29) is 47.8 Å². The van der Waals surface area contributed by atoms with Crippen LogP contribution < -0.4 is 10.6 Å². The zero-order valence-corrected chi connectivity index (χ0v) is 20.2. The molecule has 0 amide bonds. The number of nitrogens with one attached hydrogen (secondary N) is 2. The first-order valence-electron chi connectivity index (χ1n) is 10.0. The molecule has 3 unspecified atom stereocenters. The fourth-order valence-corrected chi connectivity index (χ4v) is 4.17. The van der Waals surface area contributed by atoms with Crippen LogP contribution in [0.3, 0.4) is 0 Å². The zero-order chi connectivity index (χ0) is 20.4. The second-order valence-electron chi connectivity index (χ2n) is 7.49. The highest BCUT2D eigenvalue weighted by atomic mass is 127. The lowest BCUT2D eigenvalue weighted by molar-refractivity contribution is 0.177. The van der Waals surface area contributed by atoms with Gasteiger partial charge in [0.25, 0.3) is 0 Å². The largest absolute Gasteiger partial charge is 0.377 e. The van der Waals surface area contributed by atoms with Crippen LogP contribution in [0.5, 0.6) is 0 Å². The van der Waals surface area contributed by atoms with E-state index in [1.165, 1.54) is 6.07 Å². The molecule has 30 heavy (non-hydrogen) atoms. The van der Waals surface area contributed by atoms with Crippen molar-refractivity contribution in [2.24, 2.45) is 4.99 Å². The molecule has 164 valence electrons. The van der Waals surface area contributed by atoms with Crippen molar-refractivity contribution >= 4 is 41.5 Å². The molecular formula is C20H27ClFIN6O. The Morgan fingerprint density at radius 2 is 2.23 bits per heavy atom. The van der Waals surface area contributed by atoms with E-state index in [9.17, 15) is 4.39 Å². The number of nitrogens with zero attached hydrogens (tertiary/aromatic N) is 4. The molecule has 7 nitrogen and oxygen atoms in total. The molecule has 10 heteroatoms. The lowest BCUT2D eigenvalue weighted by Crippen LogP contribution is -2.48. The summed E-state index contributed by atoms with van der Waals surface area (Å²) in [6, 6.07) is 5.17. The van der Waals surface area contributed by atoms with Gasteiger partial charge in [-0.2, -0.15) is 5.10 Å². The summed E-state index contributed by atoms with van der Waals surface area (Å²) in [5.41, 5.74) is 0.595. The molecule has 4 rings (SSSR count). The molecular weight excluding hydrogens is 522 g/mol. The molecule has 2 aliphatic rings. The standard InChI is InChI=1S/C20H26ClFN6O.HI/c1-3-23-20(25-16-9-13(16)19-14(21)5-4-6-15(19)22)24-12-7-8-18-26-17(11-29-2)27-28(18)10-12;/h4-6,12-13,16H,3,7-11H2,1-2H3,(H2,23,24,25);1H. The highest BCUT2D eigenvalue weighted by Crippen LogP contribution is 2.44. The first-order chi connectivity index (χ1) is 14.1. The van der Waals surface area contributed by atoms with E-state index in [0.717, 1.165) is 37.6 Å². The monoisotopic (exact) mass is 548 g/mol. The second kappa shape index (κ2) is 10.2. The Morgan fingerprint density at radius 3 is 2.97 bits per heavy atom. The minimum atomic E-state index is -0.244. The predicted octanol–water partition coefficient (Wildman–Crippen LogP) is 3.26. The summed E-state index contributed by atoms with van der Waals surface area (Å²) >= 11 is 6.22. The van der Waals surface area contributed by atoms with Crippen molar-refractivity contribution in [2.45, 2.75) is 57.3 Å². The van der Waals surface area contributed by atoms with Gasteiger partial charge in [0.05, 0.1) is 6.54 Å². The Kier molecular flexibility index (Phi) is 7.92. The van der Waals surface area contributed by atoms with Gasteiger partial charge < -0.3 is 15.4 Å². The lowest BCUT2D eigenvalue weighted by atomic mass is 10.1. The summed E-state index contributed by atoms with van der Waals surface area (Å²) < 4.78 is 21.3. The van der Waals surface area contributed by atoms with Gasteiger partial charge in [0.15, 0.2) is 11.8 Å². The molecule has 1 aromatic heterocycles. The average molecular weight is 549 g/mol. The van der Waals surface area contributed by atoms with Crippen molar-refractivity contribution < 1.29 is 9.13 Å². The van der Waals surface area contributed by atoms with E-state index < -0.39 is 0 Å². The van der Waals surface area contributed by atoms with Gasteiger partial charge in [-0.3, -0.25) is 4.99 Å². The summed E-state index contributed by atoms with van der Waals surface area (Å²) in [6.45, 7) is 3.80. The van der Waals surface area contributed by atoms with Crippen LogP contribution in [0.15, 0.2) is 23.2 Å². The molecule has 1 aromatic carbocycles. The summed E-state index contributed by atoms with van der Waals surface area (Å²) in [5, 5.41) is 11.9. The van der Waals surface area contributed by atoms with Crippen LogP contribution in [0, 0.1) is 5.82 Å². The second-order valence-corrected chi connectivity index (χ2v) is 7.90. The minimum absolute atomic E-state index is 0. The highest BCUT2D eigenvalue weighted by Gasteiger charge is 2.42. The number of hydrogen-bond acceptors (Lipinski definition) is 4. The number of hydrogen-bond donors (Lipinski definition) is 2. The van der Waals surface area contributed by atoms with Gasteiger partial charge in [-0.15, -0.1) is 24.0 Å². The first kappa shape index (κ1) is 23.2. The minimum Gasteiger partial charge on any atom is -0.377 e. The van der Waals surface area contributed by atoms with Crippen molar-refractivity contribution in [3.8, 4) is 0 Å². The Balaban J connectivity index is 0.00000256. The molecule has 1 aliphatic heterocycles. The molecule has 2 aromatic rings. The van der Waals surface area contributed by atoms with Gasteiger partial charge in [0.2, 0.25) is 0 Å². The molecule has 1 aliphatic carbocycles. The Morgan fingerprint density at radius 1 is 1.40 bits per heavy atom. The van der Waals surface area contributed by atoms with Gasteiger partial charge in [-0.1, -0.05) is 17.7 Å². The van der Waals surface area contributed by atoms with Gasteiger partial charge in [-0.25, -0.2) is 14.1 Å². The van der Waals surface area contributed by atoms with E-state index in [0.29, 0.717) is 29.6 Å². The number of aryl methyl sites for hydroxylation is 1. The van der Waals surface area contributed by atoms with Crippen molar-refractivity contribution in [2.75, 3.05) is 13.7 Å². The summed E-state index contributed by atoms with van der Waals surface area (Å²) in [6.07, 6.45) is 2.64. The molecule has 0 bridgehead atoms. The van der Waals surface area contributed by atoms with Crippen LogP contribution in [0.2, 0.25) is 5.02 Å². The van der Waals surface area contributed by atoms with Crippen LogP contribution in [0.1, 0.15) is 42.9 Å². The summed E-state index contributed by atoms with van der Waals surface area (Å²) in [5.74, 6) is 2.28. The maximum Gasteiger partial charge on any atom is 0.191 e. The fraction of sp³-hybridized carbons (Fsp3) is 0.550. The molecule has 1 saturated carbocycles. The summed E-state index contributed by atoms with van der Waals surface area (Å²) in [4.78, 5) is 9.08. The van der Waals surface area contributed by atoms with Crippen molar-refractivity contribution in [3.05, 3.63) is 46.3 Å². The average Bonchev–Trinajstić information content (AvgIpc) is 3.30. The zero-order valence-electron chi connectivity index (χ0n) is 17.1. The van der Waals surface area contributed by atoms with Crippen LogP contribution in [-0.2, 0) is 24.3 Å². The van der Waals surface area contributed by atoms with Crippen molar-refractivity contribution in [1.82, 2.24) is 25.4 Å². The third-order valence-corrected chi connectivity index (χ3v) is 5.65. The van der Waals surface area contributed by atoms with Crippen LogP contribution in [0.25, 0.3) is 0 Å². The summed E-state index contributed by atoms with van der Waals surface area (Å²) in [7, 11) is 1.64. The predicted molar refractivity (Wildman–Crippen MR) is 125 cm³/mol. The number of aliphatic imine (C=N–C) groups is 1. The van der Waals surface area contributed by atoms with E-state index >= 15 is 0 Å². The lowest BCUT2D eigenvalue weighted by Gasteiger charge is -2.25. The Labute approximate surface area is 197 Å². The molecule has 2 N–H and O–H groups in total. The maximum atomic E-state index is 14.2. The maximum absolute atomic E-state index is 14.2. The smallest absolute Gasteiger partial charge is 0.191 e. The van der Waals surface area contributed by atoms with Gasteiger partial charge in [-0.05, 0) is 31.9 Å². The normalized spacial score (nSPS) is 22.8. The number of methoxy groups -OCH3 is 1. The quantitative estimate of drug-likeness (QED) is 0.329. The van der Waals surface area contributed by atoms with Gasteiger partial charge >= 0.3 is 0 Å². The van der Waals surface area contributed by atoms with Gasteiger partial charge in [0.1, 0.15) is 18.2 Å². The molecule has 0 spiro atoms. The van der Waals surface area contributed by atoms with Gasteiger partial charge in [0, 0.05) is 48.7 Å². The number of aromatic nitrogens is 3. The topological polar surface area (TPSA) is 76.4 Å². The number of benzene rings is 1.